The Kier molecular flexibility index (Phi) is 5.45. The summed E-state index contributed by atoms with van der Waals surface area (Å²) in [5, 5.41) is 7.71. The van der Waals surface area contributed by atoms with E-state index in [0.29, 0.717) is 12.0 Å². The number of carbonyl (C=O) groups is 1. The number of rotatable bonds is 4. The van der Waals surface area contributed by atoms with E-state index in [9.17, 15) is 4.79 Å². The Balaban J connectivity index is 0.00000182. The molecule has 2 aromatic rings. The van der Waals surface area contributed by atoms with Crippen LogP contribution in [0, 0.1) is 0 Å². The molecule has 0 aliphatic heterocycles. The van der Waals surface area contributed by atoms with Gasteiger partial charge >= 0.3 is 0 Å². The standard InChI is InChI=1S/C19H24N4O.ClH/c20-14-8-10-15(11-9-14)22-19(24)17-12-21-23(18(17)13-6-7-13)16-4-2-1-3-5-16;/h1-5,12-15H,6-11,20H2,(H,22,24);1H. The second-order valence-corrected chi connectivity index (χ2v) is 7.05. The van der Waals surface area contributed by atoms with Crippen LogP contribution in [0.4, 0.5) is 0 Å². The van der Waals surface area contributed by atoms with Gasteiger partial charge in [-0.15, -0.1) is 12.4 Å². The quantitative estimate of drug-likeness (QED) is 0.879. The average Bonchev–Trinajstić information content (AvgIpc) is 3.35. The number of carbonyl (C=O) groups excluding carboxylic acids is 1. The molecule has 25 heavy (non-hydrogen) atoms. The smallest absolute Gasteiger partial charge is 0.255 e. The zero-order chi connectivity index (χ0) is 16.5. The summed E-state index contributed by atoms with van der Waals surface area (Å²) in [5.41, 5.74) is 8.76. The third-order valence-electron chi connectivity index (χ3n) is 5.12. The highest BCUT2D eigenvalue weighted by Gasteiger charge is 2.33. The summed E-state index contributed by atoms with van der Waals surface area (Å²) in [6.45, 7) is 0. The summed E-state index contributed by atoms with van der Waals surface area (Å²) >= 11 is 0. The molecule has 4 rings (SSSR count). The number of halogens is 1. The minimum absolute atomic E-state index is 0. The minimum atomic E-state index is 0. The van der Waals surface area contributed by atoms with Crippen LogP contribution in [0.2, 0.25) is 0 Å². The number of para-hydroxylation sites is 1. The van der Waals surface area contributed by atoms with Crippen LogP contribution in [0.15, 0.2) is 36.5 Å². The van der Waals surface area contributed by atoms with E-state index in [1.165, 1.54) is 0 Å². The number of benzene rings is 1. The zero-order valence-corrected chi connectivity index (χ0v) is 15.0. The Morgan fingerprint density at radius 3 is 2.40 bits per heavy atom. The first-order valence-electron chi connectivity index (χ1n) is 8.92. The van der Waals surface area contributed by atoms with E-state index in [4.69, 9.17) is 5.73 Å². The van der Waals surface area contributed by atoms with Gasteiger partial charge in [-0.1, -0.05) is 18.2 Å². The van der Waals surface area contributed by atoms with E-state index in [0.717, 1.165) is 55.5 Å². The molecule has 0 saturated heterocycles. The highest BCUT2D eigenvalue weighted by molar-refractivity contribution is 5.95. The van der Waals surface area contributed by atoms with Crippen LogP contribution in [0.25, 0.3) is 5.69 Å². The van der Waals surface area contributed by atoms with Gasteiger partial charge in [-0.2, -0.15) is 5.10 Å². The monoisotopic (exact) mass is 360 g/mol. The third-order valence-corrected chi connectivity index (χ3v) is 5.12. The van der Waals surface area contributed by atoms with Crippen molar-refractivity contribution in [2.75, 3.05) is 0 Å². The van der Waals surface area contributed by atoms with Crippen LogP contribution in [0.5, 0.6) is 0 Å². The first-order chi connectivity index (χ1) is 11.7. The number of hydrogen-bond donors (Lipinski definition) is 2. The first kappa shape index (κ1) is 18.0. The Morgan fingerprint density at radius 2 is 1.76 bits per heavy atom. The second kappa shape index (κ2) is 7.58. The van der Waals surface area contributed by atoms with Crippen LogP contribution >= 0.6 is 12.4 Å². The molecule has 2 aliphatic rings. The Bertz CT molecular complexity index is 718. The molecule has 2 aliphatic carbocycles. The van der Waals surface area contributed by atoms with Crippen LogP contribution in [0.3, 0.4) is 0 Å². The van der Waals surface area contributed by atoms with Crippen molar-refractivity contribution in [3.05, 3.63) is 47.8 Å². The fourth-order valence-corrected chi connectivity index (χ4v) is 3.58. The Labute approximate surface area is 154 Å². The van der Waals surface area contributed by atoms with E-state index < -0.39 is 0 Å². The number of nitrogens with two attached hydrogens (primary N) is 1. The summed E-state index contributed by atoms with van der Waals surface area (Å²) < 4.78 is 1.93. The summed E-state index contributed by atoms with van der Waals surface area (Å²) in [6, 6.07) is 10.6. The van der Waals surface area contributed by atoms with Gasteiger partial charge in [0.2, 0.25) is 0 Å². The number of amides is 1. The fraction of sp³-hybridized carbons (Fsp3) is 0.474. The molecular formula is C19H25ClN4O. The molecule has 3 N–H and O–H groups in total. The van der Waals surface area contributed by atoms with Gasteiger partial charge in [-0.25, -0.2) is 4.68 Å². The lowest BCUT2D eigenvalue weighted by Gasteiger charge is -2.26. The largest absolute Gasteiger partial charge is 0.349 e. The summed E-state index contributed by atoms with van der Waals surface area (Å²) in [6.07, 6.45) is 7.92. The van der Waals surface area contributed by atoms with Crippen LogP contribution in [0.1, 0.15) is 60.5 Å². The number of hydrogen-bond acceptors (Lipinski definition) is 3. The van der Waals surface area contributed by atoms with Gasteiger partial charge in [0.25, 0.3) is 5.91 Å². The topological polar surface area (TPSA) is 72.9 Å². The van der Waals surface area contributed by atoms with Crippen molar-refractivity contribution in [3.8, 4) is 5.69 Å². The van der Waals surface area contributed by atoms with Gasteiger partial charge in [-0.05, 0) is 50.7 Å². The van der Waals surface area contributed by atoms with E-state index >= 15 is 0 Å². The van der Waals surface area contributed by atoms with Gasteiger partial charge in [0, 0.05) is 18.0 Å². The second-order valence-electron chi connectivity index (χ2n) is 7.05. The summed E-state index contributed by atoms with van der Waals surface area (Å²) in [5.74, 6) is 0.466. The van der Waals surface area contributed by atoms with Crippen molar-refractivity contribution >= 4 is 18.3 Å². The highest BCUT2D eigenvalue weighted by atomic mass is 35.5. The van der Waals surface area contributed by atoms with E-state index in [1.807, 2.05) is 35.0 Å². The molecule has 0 spiro atoms. The number of nitrogens with one attached hydrogen (secondary N) is 1. The predicted molar refractivity (Wildman–Crippen MR) is 100 cm³/mol. The van der Waals surface area contributed by atoms with Crippen LogP contribution in [-0.4, -0.2) is 27.8 Å². The molecule has 134 valence electrons. The first-order valence-corrected chi connectivity index (χ1v) is 8.92. The molecule has 1 aromatic heterocycles. The normalized spacial score (nSPS) is 22.9. The van der Waals surface area contributed by atoms with Crippen molar-refractivity contribution in [2.24, 2.45) is 5.73 Å². The fourth-order valence-electron chi connectivity index (χ4n) is 3.58. The average molecular weight is 361 g/mol. The summed E-state index contributed by atoms with van der Waals surface area (Å²) in [7, 11) is 0. The molecule has 5 nitrogen and oxygen atoms in total. The van der Waals surface area contributed by atoms with Gasteiger partial charge < -0.3 is 11.1 Å². The third kappa shape index (κ3) is 3.88. The molecule has 1 heterocycles. The SMILES string of the molecule is Cl.NC1CCC(NC(=O)c2cnn(-c3ccccc3)c2C2CC2)CC1. The van der Waals surface area contributed by atoms with Crippen molar-refractivity contribution in [3.63, 3.8) is 0 Å². The molecule has 1 amide bonds. The molecular weight excluding hydrogens is 336 g/mol. The molecule has 1 aromatic carbocycles. The lowest BCUT2D eigenvalue weighted by Crippen LogP contribution is -2.40. The molecule has 0 unspecified atom stereocenters. The van der Waals surface area contributed by atoms with Gasteiger partial charge in [0.05, 0.1) is 23.1 Å². The van der Waals surface area contributed by atoms with Gasteiger partial charge in [0.15, 0.2) is 0 Å². The van der Waals surface area contributed by atoms with E-state index in [-0.39, 0.29) is 24.4 Å². The van der Waals surface area contributed by atoms with Crippen molar-refractivity contribution < 1.29 is 4.79 Å². The number of aromatic nitrogens is 2. The van der Waals surface area contributed by atoms with Crippen LogP contribution in [-0.2, 0) is 0 Å². The predicted octanol–water partition coefficient (Wildman–Crippen LogP) is 3.17. The molecule has 0 bridgehead atoms. The minimum Gasteiger partial charge on any atom is -0.349 e. The van der Waals surface area contributed by atoms with Crippen molar-refractivity contribution in [2.45, 2.75) is 56.5 Å². The molecule has 6 heteroatoms. The molecule has 0 atom stereocenters. The van der Waals surface area contributed by atoms with Gasteiger partial charge in [0.1, 0.15) is 0 Å². The van der Waals surface area contributed by atoms with Crippen molar-refractivity contribution in [1.82, 2.24) is 15.1 Å². The summed E-state index contributed by atoms with van der Waals surface area (Å²) in [4.78, 5) is 12.8. The Hall–Kier alpha value is -1.85. The molecule has 2 fully saturated rings. The number of nitrogens with zero attached hydrogens (tertiary/aromatic N) is 2. The lowest BCUT2D eigenvalue weighted by atomic mass is 9.91. The lowest BCUT2D eigenvalue weighted by molar-refractivity contribution is 0.0925. The maximum atomic E-state index is 12.8. The highest BCUT2D eigenvalue weighted by Crippen LogP contribution is 2.42. The maximum Gasteiger partial charge on any atom is 0.255 e. The zero-order valence-electron chi connectivity index (χ0n) is 14.2. The van der Waals surface area contributed by atoms with Crippen LogP contribution < -0.4 is 11.1 Å². The van der Waals surface area contributed by atoms with E-state index in [1.54, 1.807) is 6.20 Å². The Morgan fingerprint density at radius 1 is 1.08 bits per heavy atom. The van der Waals surface area contributed by atoms with Crippen molar-refractivity contribution in [1.29, 1.82) is 0 Å². The maximum absolute atomic E-state index is 12.8. The molecule has 0 radical (unpaired) electrons. The molecule has 2 saturated carbocycles. The van der Waals surface area contributed by atoms with E-state index in [2.05, 4.69) is 10.4 Å². The van der Waals surface area contributed by atoms with Gasteiger partial charge in [-0.3, -0.25) is 4.79 Å².